The Bertz CT molecular complexity index is 851. The van der Waals surface area contributed by atoms with Crippen LogP contribution in [0.2, 0.25) is 0 Å². The fraction of sp³-hybridized carbons (Fsp3) is 0.550. The van der Waals surface area contributed by atoms with Gasteiger partial charge in [0.1, 0.15) is 11.3 Å². The van der Waals surface area contributed by atoms with Crippen LogP contribution in [0.1, 0.15) is 36.6 Å². The van der Waals surface area contributed by atoms with E-state index in [1.165, 1.54) is 10.9 Å². The van der Waals surface area contributed by atoms with Gasteiger partial charge < -0.3 is 14.2 Å². The van der Waals surface area contributed by atoms with Crippen LogP contribution in [0.25, 0.3) is 11.0 Å². The first-order chi connectivity index (χ1) is 12.1. The molecule has 2 fully saturated rings. The molecular formula is C20H26ClN3O2. The van der Waals surface area contributed by atoms with Crippen molar-refractivity contribution in [1.29, 1.82) is 0 Å². The summed E-state index contributed by atoms with van der Waals surface area (Å²) in [6.07, 6.45) is 4.16. The smallest absolute Gasteiger partial charge is 0.319 e. The van der Waals surface area contributed by atoms with E-state index in [1.807, 2.05) is 30.0 Å². The predicted octanol–water partition coefficient (Wildman–Crippen LogP) is 3.67. The predicted molar refractivity (Wildman–Crippen MR) is 104 cm³/mol. The lowest BCUT2D eigenvalue weighted by Crippen LogP contribution is -2.63. The molecule has 6 heteroatoms. The van der Waals surface area contributed by atoms with Gasteiger partial charge in [-0.15, -0.1) is 12.4 Å². The monoisotopic (exact) mass is 375 g/mol. The van der Waals surface area contributed by atoms with Crippen LogP contribution in [0.15, 0.2) is 28.7 Å². The topological polar surface area (TPSA) is 39.9 Å². The van der Waals surface area contributed by atoms with Gasteiger partial charge in [0.05, 0.1) is 6.04 Å². The van der Waals surface area contributed by atoms with Crippen LogP contribution in [0.5, 0.6) is 0 Å². The van der Waals surface area contributed by atoms with Gasteiger partial charge in [-0.05, 0) is 31.7 Å². The molecule has 5 rings (SSSR count). The highest BCUT2D eigenvalue weighted by Crippen LogP contribution is 2.47. The molecule has 140 valence electrons. The number of carbonyl (C=O) groups is 1. The number of fused-ring (bicyclic) bond motifs is 5. The zero-order valence-electron chi connectivity index (χ0n) is 15.4. The van der Waals surface area contributed by atoms with E-state index in [1.54, 1.807) is 0 Å². The molecule has 2 amide bonds. The number of hydrogen-bond donors (Lipinski definition) is 0. The fourth-order valence-electron chi connectivity index (χ4n) is 5.15. The number of amides is 2. The van der Waals surface area contributed by atoms with Crippen LogP contribution < -0.4 is 0 Å². The Morgan fingerprint density at radius 3 is 2.73 bits per heavy atom. The second-order valence-electron chi connectivity index (χ2n) is 7.93. The van der Waals surface area contributed by atoms with Gasteiger partial charge in [0.25, 0.3) is 0 Å². The van der Waals surface area contributed by atoms with Gasteiger partial charge in [0.15, 0.2) is 0 Å². The van der Waals surface area contributed by atoms with Gasteiger partial charge in [0, 0.05) is 50.2 Å². The van der Waals surface area contributed by atoms with E-state index >= 15 is 0 Å². The first-order valence-corrected chi connectivity index (χ1v) is 9.32. The van der Waals surface area contributed by atoms with Crippen molar-refractivity contribution in [3.63, 3.8) is 0 Å². The van der Waals surface area contributed by atoms with Crippen molar-refractivity contribution in [1.82, 2.24) is 14.7 Å². The molecule has 0 unspecified atom stereocenters. The number of benzene rings is 1. The van der Waals surface area contributed by atoms with Gasteiger partial charge in [-0.1, -0.05) is 18.2 Å². The molecule has 1 aromatic carbocycles. The molecule has 0 radical (unpaired) electrons. The number of halogens is 1. The van der Waals surface area contributed by atoms with Gasteiger partial charge in [-0.25, -0.2) is 4.79 Å². The molecule has 5 nitrogen and oxygen atoms in total. The van der Waals surface area contributed by atoms with Crippen molar-refractivity contribution in [2.24, 2.45) is 0 Å². The maximum Gasteiger partial charge on any atom is 0.319 e. The van der Waals surface area contributed by atoms with Crippen LogP contribution in [0.3, 0.4) is 0 Å². The minimum Gasteiger partial charge on any atom is -0.459 e. The molecule has 0 saturated carbocycles. The highest BCUT2D eigenvalue weighted by molar-refractivity contribution is 5.85. The zero-order valence-corrected chi connectivity index (χ0v) is 16.2. The lowest BCUT2D eigenvalue weighted by molar-refractivity contribution is -0.0185. The van der Waals surface area contributed by atoms with Crippen LogP contribution in [0, 0.1) is 0 Å². The van der Waals surface area contributed by atoms with E-state index in [0.29, 0.717) is 6.04 Å². The van der Waals surface area contributed by atoms with E-state index in [0.717, 1.165) is 56.7 Å². The van der Waals surface area contributed by atoms with Crippen molar-refractivity contribution < 1.29 is 9.21 Å². The third kappa shape index (κ3) is 2.37. The van der Waals surface area contributed by atoms with Crippen LogP contribution >= 0.6 is 12.4 Å². The van der Waals surface area contributed by atoms with Crippen LogP contribution in [-0.4, -0.2) is 60.0 Å². The van der Waals surface area contributed by atoms with Crippen molar-refractivity contribution in [3.8, 4) is 0 Å². The molecule has 2 atom stereocenters. The Morgan fingerprint density at radius 1 is 1.12 bits per heavy atom. The summed E-state index contributed by atoms with van der Waals surface area (Å²) in [4.78, 5) is 19.0. The largest absolute Gasteiger partial charge is 0.459 e. The third-order valence-electron chi connectivity index (χ3n) is 6.80. The Hall–Kier alpha value is -1.72. The van der Waals surface area contributed by atoms with E-state index in [2.05, 4.69) is 23.1 Å². The van der Waals surface area contributed by atoms with E-state index in [9.17, 15) is 4.79 Å². The lowest BCUT2D eigenvalue weighted by Gasteiger charge is -2.54. The first kappa shape index (κ1) is 17.7. The molecule has 4 heterocycles. The zero-order chi connectivity index (χ0) is 17.2. The highest BCUT2D eigenvalue weighted by atomic mass is 35.5. The SMILES string of the molecule is CN1CC[C@]2(CCN3CCc4c(oc5ccccc45)[C@H]3C2)N(C)C1=O.Cl. The number of carbonyl (C=O) groups excluding carboxylic acids is 1. The Morgan fingerprint density at radius 2 is 1.88 bits per heavy atom. The molecule has 0 aliphatic carbocycles. The normalized spacial score (nSPS) is 28.8. The average Bonchev–Trinajstić information content (AvgIpc) is 3.03. The quantitative estimate of drug-likeness (QED) is 0.705. The molecule has 2 aromatic rings. The number of para-hydroxylation sites is 1. The molecule has 1 spiro atoms. The first-order valence-electron chi connectivity index (χ1n) is 9.32. The number of furan rings is 1. The molecular weight excluding hydrogens is 350 g/mol. The van der Waals surface area contributed by atoms with Crippen LogP contribution in [0.4, 0.5) is 4.79 Å². The van der Waals surface area contributed by atoms with E-state index < -0.39 is 0 Å². The maximum absolute atomic E-state index is 12.6. The van der Waals surface area contributed by atoms with E-state index in [4.69, 9.17) is 4.42 Å². The molecule has 26 heavy (non-hydrogen) atoms. The van der Waals surface area contributed by atoms with Gasteiger partial charge in [-0.3, -0.25) is 4.90 Å². The van der Waals surface area contributed by atoms with Gasteiger partial charge in [-0.2, -0.15) is 0 Å². The molecule has 2 saturated heterocycles. The second-order valence-corrected chi connectivity index (χ2v) is 7.93. The van der Waals surface area contributed by atoms with Crippen molar-refractivity contribution in [2.45, 2.75) is 37.3 Å². The third-order valence-corrected chi connectivity index (χ3v) is 6.80. The molecule has 0 bridgehead atoms. The Labute approximate surface area is 160 Å². The summed E-state index contributed by atoms with van der Waals surface area (Å²) in [5.74, 6) is 1.14. The number of nitrogens with zero attached hydrogens (tertiary/aromatic N) is 3. The summed E-state index contributed by atoms with van der Waals surface area (Å²) in [6, 6.07) is 8.83. The average molecular weight is 376 g/mol. The molecule has 1 aromatic heterocycles. The summed E-state index contributed by atoms with van der Waals surface area (Å²) in [7, 11) is 3.88. The van der Waals surface area contributed by atoms with E-state index in [-0.39, 0.29) is 24.0 Å². The molecule has 3 aliphatic heterocycles. The fourth-order valence-corrected chi connectivity index (χ4v) is 5.15. The summed E-state index contributed by atoms with van der Waals surface area (Å²) < 4.78 is 6.32. The number of piperidine rings is 1. The highest BCUT2D eigenvalue weighted by Gasteiger charge is 2.49. The van der Waals surface area contributed by atoms with Crippen molar-refractivity contribution in [2.75, 3.05) is 33.7 Å². The molecule has 0 N–H and O–H groups in total. The van der Waals surface area contributed by atoms with Gasteiger partial charge in [0.2, 0.25) is 0 Å². The summed E-state index contributed by atoms with van der Waals surface area (Å²) >= 11 is 0. The standard InChI is InChI=1S/C20H25N3O2.ClH/c1-21-11-8-20(22(2)19(21)24)9-12-23-10-7-15-14-5-3-4-6-17(14)25-18(15)16(23)13-20;/h3-6,16H,7-13H2,1-2H3;1H/t16-,20-;/m1./s1. The van der Waals surface area contributed by atoms with Crippen LogP contribution in [-0.2, 0) is 6.42 Å². The minimum atomic E-state index is -0.0294. The number of rotatable bonds is 0. The van der Waals surface area contributed by atoms with Crippen molar-refractivity contribution in [3.05, 3.63) is 35.6 Å². The minimum absolute atomic E-state index is 0. The molecule has 3 aliphatic rings. The summed E-state index contributed by atoms with van der Waals surface area (Å²) in [5, 5.41) is 1.27. The Kier molecular flexibility index (Phi) is 4.20. The lowest BCUT2D eigenvalue weighted by atomic mass is 9.76. The maximum atomic E-state index is 12.6. The Balaban J connectivity index is 0.00000168. The van der Waals surface area contributed by atoms with Gasteiger partial charge >= 0.3 is 6.03 Å². The van der Waals surface area contributed by atoms with Crippen molar-refractivity contribution >= 4 is 29.4 Å². The second kappa shape index (κ2) is 6.17. The summed E-state index contributed by atoms with van der Waals surface area (Å²) in [6.45, 7) is 2.99. The number of urea groups is 1. The number of hydrogen-bond acceptors (Lipinski definition) is 3. The summed E-state index contributed by atoms with van der Waals surface area (Å²) in [5.41, 5.74) is 2.36.